The van der Waals surface area contributed by atoms with Crippen molar-refractivity contribution in [2.75, 3.05) is 39.9 Å². The smallest absolute Gasteiger partial charge is 0.124 e. The van der Waals surface area contributed by atoms with Crippen LogP contribution in [-0.4, -0.2) is 64.2 Å². The normalized spacial score (nSPS) is 19.7. The van der Waals surface area contributed by atoms with Crippen molar-refractivity contribution in [3.8, 4) is 0 Å². The van der Waals surface area contributed by atoms with Crippen LogP contribution in [0.15, 0.2) is 42.6 Å². The summed E-state index contributed by atoms with van der Waals surface area (Å²) in [6.45, 7) is 6.78. The van der Waals surface area contributed by atoms with E-state index in [2.05, 4.69) is 57.8 Å². The molecule has 1 aliphatic carbocycles. The predicted molar refractivity (Wildman–Crippen MR) is 123 cm³/mol. The van der Waals surface area contributed by atoms with Gasteiger partial charge in [-0.05, 0) is 56.5 Å². The Labute approximate surface area is 184 Å². The molecule has 31 heavy (non-hydrogen) atoms. The number of fused-ring (bicyclic) bond motifs is 2. The second-order valence-electron chi connectivity index (χ2n) is 8.85. The number of benzene rings is 1. The van der Waals surface area contributed by atoms with Crippen molar-refractivity contribution in [2.45, 2.75) is 44.8 Å². The van der Waals surface area contributed by atoms with Crippen LogP contribution in [0, 0.1) is 0 Å². The van der Waals surface area contributed by atoms with Gasteiger partial charge < -0.3 is 9.30 Å². The average molecular weight is 420 g/mol. The van der Waals surface area contributed by atoms with Crippen LogP contribution in [0.3, 0.4) is 0 Å². The fourth-order valence-electron chi connectivity index (χ4n) is 5.12. The summed E-state index contributed by atoms with van der Waals surface area (Å²) >= 11 is 0. The number of ether oxygens (including phenoxy) is 1. The van der Waals surface area contributed by atoms with Crippen molar-refractivity contribution in [1.29, 1.82) is 0 Å². The molecule has 5 rings (SSSR count). The Balaban J connectivity index is 1.34. The molecular weight excluding hydrogens is 386 g/mol. The highest BCUT2D eigenvalue weighted by Crippen LogP contribution is 2.33. The Kier molecular flexibility index (Phi) is 6.30. The predicted octanol–water partition coefficient (Wildman–Crippen LogP) is 3.66. The van der Waals surface area contributed by atoms with Gasteiger partial charge in [-0.15, -0.1) is 0 Å². The molecule has 3 aromatic rings. The topological polar surface area (TPSA) is 46.4 Å². The summed E-state index contributed by atoms with van der Waals surface area (Å²) in [5, 5.41) is 0. The highest BCUT2D eigenvalue weighted by Gasteiger charge is 2.26. The van der Waals surface area contributed by atoms with E-state index >= 15 is 0 Å². The van der Waals surface area contributed by atoms with Crippen LogP contribution < -0.4 is 0 Å². The van der Waals surface area contributed by atoms with Gasteiger partial charge in [-0.1, -0.05) is 18.2 Å². The first-order valence-electron chi connectivity index (χ1n) is 11.7. The minimum Gasteiger partial charge on any atom is -0.379 e. The van der Waals surface area contributed by atoms with E-state index in [-0.39, 0.29) is 0 Å². The Hall–Kier alpha value is -2.28. The largest absolute Gasteiger partial charge is 0.379 e. The standard InChI is InChI=1S/C25H33N5O/c1-28(23-11-4-7-20-8-5-12-26-25(20)23)19-24-27-21-9-2-3-10-22(21)30(24)14-6-13-29-15-17-31-18-16-29/h2-3,5,8-10,12,23H,4,6-7,11,13-19H2,1H3. The summed E-state index contributed by atoms with van der Waals surface area (Å²) in [5.74, 6) is 1.16. The SMILES string of the molecule is CN(Cc1nc2ccccc2n1CCCN1CCOCC1)C1CCCc2cccnc21. The van der Waals surface area contributed by atoms with Gasteiger partial charge in [-0.3, -0.25) is 14.8 Å². The minimum absolute atomic E-state index is 0.367. The maximum Gasteiger partial charge on any atom is 0.124 e. The van der Waals surface area contributed by atoms with E-state index < -0.39 is 0 Å². The van der Waals surface area contributed by atoms with Crippen LogP contribution in [0.2, 0.25) is 0 Å². The highest BCUT2D eigenvalue weighted by atomic mass is 16.5. The fraction of sp³-hybridized carbons (Fsp3) is 0.520. The van der Waals surface area contributed by atoms with Crippen molar-refractivity contribution >= 4 is 11.0 Å². The Morgan fingerprint density at radius 1 is 1.10 bits per heavy atom. The number of morpholine rings is 1. The summed E-state index contributed by atoms with van der Waals surface area (Å²) < 4.78 is 7.93. The molecule has 0 N–H and O–H groups in total. The number of rotatable bonds is 7. The van der Waals surface area contributed by atoms with Crippen molar-refractivity contribution < 1.29 is 4.74 Å². The van der Waals surface area contributed by atoms with Gasteiger partial charge in [0.1, 0.15) is 5.82 Å². The Bertz CT molecular complexity index is 1010. The lowest BCUT2D eigenvalue weighted by atomic mass is 9.91. The third-order valence-corrected chi connectivity index (χ3v) is 6.78. The van der Waals surface area contributed by atoms with Gasteiger partial charge in [0.2, 0.25) is 0 Å². The molecule has 1 saturated heterocycles. The third-order valence-electron chi connectivity index (χ3n) is 6.78. The summed E-state index contributed by atoms with van der Waals surface area (Å²) in [6, 6.07) is 13.2. The number of nitrogens with zero attached hydrogens (tertiary/aromatic N) is 5. The van der Waals surface area contributed by atoms with Gasteiger partial charge in [0.05, 0.1) is 42.5 Å². The first-order chi connectivity index (χ1) is 15.3. The summed E-state index contributed by atoms with van der Waals surface area (Å²) in [4.78, 5) is 14.7. The molecule has 1 fully saturated rings. The zero-order valence-electron chi connectivity index (χ0n) is 18.5. The lowest BCUT2D eigenvalue weighted by molar-refractivity contribution is 0.0369. The number of hydrogen-bond donors (Lipinski definition) is 0. The molecule has 1 atom stereocenters. The average Bonchev–Trinajstić information content (AvgIpc) is 3.16. The molecule has 6 nitrogen and oxygen atoms in total. The molecule has 2 aromatic heterocycles. The second-order valence-corrected chi connectivity index (χ2v) is 8.85. The molecule has 0 bridgehead atoms. The van der Waals surface area contributed by atoms with Crippen LogP contribution in [0.4, 0.5) is 0 Å². The quantitative estimate of drug-likeness (QED) is 0.585. The van der Waals surface area contributed by atoms with Crippen LogP contribution in [0.1, 0.15) is 42.4 Å². The van der Waals surface area contributed by atoms with Gasteiger partial charge in [0.25, 0.3) is 0 Å². The fourth-order valence-corrected chi connectivity index (χ4v) is 5.12. The molecule has 2 aliphatic rings. The monoisotopic (exact) mass is 419 g/mol. The van der Waals surface area contributed by atoms with E-state index in [9.17, 15) is 0 Å². The van der Waals surface area contributed by atoms with Crippen molar-refractivity contribution in [3.05, 3.63) is 59.7 Å². The van der Waals surface area contributed by atoms with Gasteiger partial charge in [-0.2, -0.15) is 0 Å². The van der Waals surface area contributed by atoms with E-state index in [1.807, 2.05) is 6.20 Å². The van der Waals surface area contributed by atoms with Gasteiger partial charge in [0, 0.05) is 32.4 Å². The lowest BCUT2D eigenvalue weighted by Gasteiger charge is -2.32. The van der Waals surface area contributed by atoms with Crippen molar-refractivity contribution in [1.82, 2.24) is 24.3 Å². The minimum atomic E-state index is 0.367. The molecule has 1 aliphatic heterocycles. The van der Waals surface area contributed by atoms with Gasteiger partial charge >= 0.3 is 0 Å². The molecule has 0 amide bonds. The van der Waals surface area contributed by atoms with Crippen LogP contribution in [-0.2, 0) is 24.2 Å². The van der Waals surface area contributed by atoms with E-state index in [4.69, 9.17) is 14.7 Å². The van der Waals surface area contributed by atoms with E-state index in [1.54, 1.807) is 0 Å². The Morgan fingerprint density at radius 2 is 1.97 bits per heavy atom. The van der Waals surface area contributed by atoms with Crippen LogP contribution in [0.25, 0.3) is 11.0 Å². The molecular formula is C25H33N5O. The van der Waals surface area contributed by atoms with E-state index in [0.29, 0.717) is 6.04 Å². The van der Waals surface area contributed by atoms with Crippen molar-refractivity contribution in [3.63, 3.8) is 0 Å². The number of pyridine rings is 1. The molecule has 0 radical (unpaired) electrons. The molecule has 1 unspecified atom stereocenters. The molecule has 0 saturated carbocycles. The van der Waals surface area contributed by atoms with E-state index in [1.165, 1.54) is 23.2 Å². The molecule has 6 heteroatoms. The number of imidazole rings is 1. The molecule has 164 valence electrons. The summed E-state index contributed by atoms with van der Waals surface area (Å²) in [6.07, 6.45) is 6.60. The maximum atomic E-state index is 5.49. The highest BCUT2D eigenvalue weighted by molar-refractivity contribution is 5.75. The van der Waals surface area contributed by atoms with Gasteiger partial charge in [-0.25, -0.2) is 4.98 Å². The van der Waals surface area contributed by atoms with Crippen molar-refractivity contribution in [2.24, 2.45) is 0 Å². The molecule has 1 aromatic carbocycles. The first kappa shape index (κ1) is 20.6. The summed E-state index contributed by atoms with van der Waals surface area (Å²) in [7, 11) is 2.23. The Morgan fingerprint density at radius 3 is 2.87 bits per heavy atom. The number of aromatic nitrogens is 3. The number of hydrogen-bond acceptors (Lipinski definition) is 5. The third kappa shape index (κ3) is 4.52. The maximum absolute atomic E-state index is 5.49. The lowest BCUT2D eigenvalue weighted by Crippen LogP contribution is -2.37. The second kappa shape index (κ2) is 9.47. The van der Waals surface area contributed by atoms with Crippen LogP contribution >= 0.6 is 0 Å². The van der Waals surface area contributed by atoms with Crippen LogP contribution in [0.5, 0.6) is 0 Å². The number of para-hydroxylation sites is 2. The zero-order chi connectivity index (χ0) is 21.0. The number of aryl methyl sites for hydroxylation is 2. The zero-order valence-corrected chi connectivity index (χ0v) is 18.5. The van der Waals surface area contributed by atoms with Gasteiger partial charge in [0.15, 0.2) is 0 Å². The molecule has 3 heterocycles. The van der Waals surface area contributed by atoms with E-state index in [0.717, 1.165) is 76.5 Å². The summed E-state index contributed by atoms with van der Waals surface area (Å²) in [5.41, 5.74) is 5.00. The molecule has 0 spiro atoms. The first-order valence-corrected chi connectivity index (χ1v) is 11.7.